The zero-order chi connectivity index (χ0) is 15.9. The van der Waals surface area contributed by atoms with Crippen molar-refractivity contribution >= 4 is 11.9 Å². The molecule has 1 aromatic heterocycles. The van der Waals surface area contributed by atoms with Crippen LogP contribution in [0.5, 0.6) is 0 Å². The summed E-state index contributed by atoms with van der Waals surface area (Å²) in [6.45, 7) is 2.04. The molecule has 8 heteroatoms. The zero-order valence-electron chi connectivity index (χ0n) is 13.0. The molecule has 0 atom stereocenters. The van der Waals surface area contributed by atoms with Gasteiger partial charge in [-0.15, -0.1) is 5.10 Å². The molecule has 3 fully saturated rings. The number of carbonyl (C=O) groups excluding carboxylic acids is 2. The van der Waals surface area contributed by atoms with Gasteiger partial charge in [0.2, 0.25) is 0 Å². The quantitative estimate of drug-likeness (QED) is 0.824. The molecule has 0 radical (unpaired) electrons. The summed E-state index contributed by atoms with van der Waals surface area (Å²) in [7, 11) is 0. The summed E-state index contributed by atoms with van der Waals surface area (Å²) in [6.07, 6.45) is 6.68. The van der Waals surface area contributed by atoms with Crippen LogP contribution in [0.25, 0.3) is 0 Å². The molecule has 4 rings (SSSR count). The second-order valence-corrected chi connectivity index (χ2v) is 6.74. The molecule has 3 aliphatic rings. The third-order valence-electron chi connectivity index (χ3n) is 5.17. The lowest BCUT2D eigenvalue weighted by Gasteiger charge is -2.30. The maximum absolute atomic E-state index is 12.7. The fraction of sp³-hybridized carbons (Fsp3) is 0.733. The summed E-state index contributed by atoms with van der Waals surface area (Å²) in [5.74, 6) is 0.520. The summed E-state index contributed by atoms with van der Waals surface area (Å²) in [5.41, 5.74) is -0.131. The van der Waals surface area contributed by atoms with Crippen LogP contribution in [0.15, 0.2) is 6.20 Å². The van der Waals surface area contributed by atoms with Crippen LogP contribution in [-0.2, 0) is 22.6 Å². The molecule has 23 heavy (non-hydrogen) atoms. The number of ether oxygens (including phenoxy) is 1. The van der Waals surface area contributed by atoms with Gasteiger partial charge >= 0.3 is 6.03 Å². The highest BCUT2D eigenvalue weighted by Gasteiger charge is 2.51. The maximum Gasteiger partial charge on any atom is 0.325 e. The van der Waals surface area contributed by atoms with Crippen molar-refractivity contribution in [2.75, 3.05) is 13.2 Å². The standard InChI is InChI=1S/C15H21N5O3/c21-13-15(4-6-23-7-5-15)16-14(22)20(13)10-12-9-19(18-17-12)8-11-2-1-3-11/h9,11H,1-8,10H2,(H,16,22). The van der Waals surface area contributed by atoms with Crippen molar-refractivity contribution in [2.24, 2.45) is 5.92 Å². The smallest absolute Gasteiger partial charge is 0.325 e. The molecule has 3 heterocycles. The van der Waals surface area contributed by atoms with E-state index in [0.29, 0.717) is 37.7 Å². The number of nitrogens with zero attached hydrogens (tertiary/aromatic N) is 4. The van der Waals surface area contributed by atoms with Gasteiger partial charge in [0.1, 0.15) is 11.2 Å². The van der Waals surface area contributed by atoms with E-state index in [0.717, 1.165) is 6.54 Å². The van der Waals surface area contributed by atoms with Gasteiger partial charge in [-0.2, -0.15) is 0 Å². The average molecular weight is 319 g/mol. The van der Waals surface area contributed by atoms with Gasteiger partial charge in [-0.25, -0.2) is 4.79 Å². The Morgan fingerprint density at radius 1 is 1.30 bits per heavy atom. The third kappa shape index (κ3) is 2.60. The third-order valence-corrected chi connectivity index (χ3v) is 5.17. The summed E-state index contributed by atoms with van der Waals surface area (Å²) in [6, 6.07) is -0.342. The van der Waals surface area contributed by atoms with Crippen LogP contribution in [0.2, 0.25) is 0 Å². The van der Waals surface area contributed by atoms with E-state index in [9.17, 15) is 9.59 Å². The van der Waals surface area contributed by atoms with Gasteiger partial charge in [0.05, 0.1) is 12.7 Å². The minimum Gasteiger partial charge on any atom is -0.381 e. The topological polar surface area (TPSA) is 89.4 Å². The molecule has 8 nitrogen and oxygen atoms in total. The molecular weight excluding hydrogens is 298 g/mol. The first kappa shape index (κ1) is 14.6. The summed E-state index contributed by atoms with van der Waals surface area (Å²) in [5, 5.41) is 11.1. The Bertz CT molecular complexity index is 618. The Hall–Kier alpha value is -1.96. The van der Waals surface area contributed by atoms with Crippen molar-refractivity contribution in [3.8, 4) is 0 Å². The maximum atomic E-state index is 12.7. The highest BCUT2D eigenvalue weighted by Crippen LogP contribution is 2.29. The van der Waals surface area contributed by atoms with E-state index in [-0.39, 0.29) is 18.5 Å². The monoisotopic (exact) mass is 319 g/mol. The number of rotatable bonds is 4. The first-order valence-corrected chi connectivity index (χ1v) is 8.27. The van der Waals surface area contributed by atoms with Crippen LogP contribution in [0.3, 0.4) is 0 Å². The number of aromatic nitrogens is 3. The zero-order valence-corrected chi connectivity index (χ0v) is 13.0. The molecule has 1 spiro atoms. The molecular formula is C15H21N5O3. The van der Waals surface area contributed by atoms with Crippen LogP contribution >= 0.6 is 0 Å². The predicted molar refractivity (Wildman–Crippen MR) is 79.2 cm³/mol. The van der Waals surface area contributed by atoms with Crippen molar-refractivity contribution < 1.29 is 14.3 Å². The number of hydrogen-bond acceptors (Lipinski definition) is 5. The van der Waals surface area contributed by atoms with Crippen molar-refractivity contribution in [2.45, 2.75) is 50.7 Å². The number of urea groups is 1. The molecule has 124 valence electrons. The van der Waals surface area contributed by atoms with Gasteiger partial charge in [-0.05, 0) is 18.8 Å². The minimum atomic E-state index is -0.780. The van der Waals surface area contributed by atoms with Crippen molar-refractivity contribution in [3.05, 3.63) is 11.9 Å². The Kier molecular flexibility index (Phi) is 3.56. The normalized spacial score (nSPS) is 24.1. The fourth-order valence-electron chi connectivity index (χ4n) is 3.48. The van der Waals surface area contributed by atoms with E-state index >= 15 is 0 Å². The summed E-state index contributed by atoms with van der Waals surface area (Å²) >= 11 is 0. The summed E-state index contributed by atoms with van der Waals surface area (Å²) in [4.78, 5) is 26.1. The average Bonchev–Trinajstić information content (AvgIpc) is 3.03. The van der Waals surface area contributed by atoms with Crippen LogP contribution < -0.4 is 5.32 Å². The molecule has 0 unspecified atom stereocenters. The van der Waals surface area contributed by atoms with Crippen molar-refractivity contribution in [1.29, 1.82) is 0 Å². The molecule has 0 bridgehead atoms. The Morgan fingerprint density at radius 3 is 2.78 bits per heavy atom. The van der Waals surface area contributed by atoms with Gasteiger partial charge < -0.3 is 10.1 Å². The van der Waals surface area contributed by atoms with E-state index in [1.54, 1.807) is 0 Å². The SMILES string of the molecule is O=C1NC2(CCOCC2)C(=O)N1Cc1cn(CC2CCC2)nn1. The van der Waals surface area contributed by atoms with E-state index < -0.39 is 5.54 Å². The van der Waals surface area contributed by atoms with Gasteiger partial charge in [0.25, 0.3) is 5.91 Å². The van der Waals surface area contributed by atoms with Crippen LogP contribution in [0.1, 0.15) is 37.8 Å². The number of nitrogens with one attached hydrogen (secondary N) is 1. The van der Waals surface area contributed by atoms with Gasteiger partial charge in [0, 0.05) is 32.6 Å². The van der Waals surface area contributed by atoms with Gasteiger partial charge in [0.15, 0.2) is 0 Å². The van der Waals surface area contributed by atoms with Crippen molar-refractivity contribution in [1.82, 2.24) is 25.2 Å². The Morgan fingerprint density at radius 2 is 2.09 bits per heavy atom. The molecule has 1 N–H and O–H groups in total. The first-order valence-electron chi connectivity index (χ1n) is 8.27. The minimum absolute atomic E-state index is 0.167. The molecule has 2 saturated heterocycles. The van der Waals surface area contributed by atoms with Crippen LogP contribution in [0.4, 0.5) is 4.79 Å². The molecule has 2 aliphatic heterocycles. The molecule has 1 aliphatic carbocycles. The second kappa shape index (κ2) is 5.59. The highest BCUT2D eigenvalue weighted by molar-refractivity contribution is 6.07. The molecule has 3 amide bonds. The van der Waals surface area contributed by atoms with E-state index in [4.69, 9.17) is 4.74 Å². The van der Waals surface area contributed by atoms with E-state index in [1.807, 2.05) is 10.9 Å². The summed E-state index contributed by atoms with van der Waals surface area (Å²) < 4.78 is 7.12. The number of hydrogen-bond donors (Lipinski definition) is 1. The first-order chi connectivity index (χ1) is 11.2. The van der Waals surface area contributed by atoms with Gasteiger partial charge in [-0.1, -0.05) is 11.6 Å². The van der Waals surface area contributed by atoms with E-state index in [1.165, 1.54) is 24.2 Å². The predicted octanol–water partition coefficient (Wildman–Crippen LogP) is 0.679. The van der Waals surface area contributed by atoms with Crippen molar-refractivity contribution in [3.63, 3.8) is 0 Å². The Balaban J connectivity index is 1.43. The lowest BCUT2D eigenvalue weighted by molar-refractivity contribution is -0.135. The number of imide groups is 1. The number of carbonyl (C=O) groups is 2. The second-order valence-electron chi connectivity index (χ2n) is 6.74. The van der Waals surface area contributed by atoms with Gasteiger partial charge in [-0.3, -0.25) is 14.4 Å². The highest BCUT2D eigenvalue weighted by atomic mass is 16.5. The molecule has 1 saturated carbocycles. The Labute approximate surface area is 134 Å². The van der Waals surface area contributed by atoms with Crippen LogP contribution in [0, 0.1) is 5.92 Å². The lowest BCUT2D eigenvalue weighted by atomic mass is 9.85. The molecule has 0 aromatic carbocycles. The van der Waals surface area contributed by atoms with E-state index in [2.05, 4.69) is 15.6 Å². The lowest BCUT2D eigenvalue weighted by Crippen LogP contribution is -2.51. The number of amides is 3. The molecule has 1 aromatic rings. The largest absolute Gasteiger partial charge is 0.381 e. The van der Waals surface area contributed by atoms with Crippen LogP contribution in [-0.4, -0.2) is 50.6 Å². The fourth-order valence-corrected chi connectivity index (χ4v) is 3.48.